The van der Waals surface area contributed by atoms with Crippen LogP contribution in [0.2, 0.25) is 0 Å². The molecule has 45 valence electrons. The monoisotopic (exact) mass is 111 g/mol. The zero-order chi connectivity index (χ0) is 5.82. The standard InChI is InChI=1S/C6H11N2/c1-2-4-8-5-3-7-6-8/h3,5,7H,1-2,4,6H2. The van der Waals surface area contributed by atoms with E-state index in [1.807, 2.05) is 12.4 Å². The maximum Gasteiger partial charge on any atom is 0.0867 e. The molecule has 2 heteroatoms. The van der Waals surface area contributed by atoms with Crippen molar-refractivity contribution in [2.75, 3.05) is 13.2 Å². The van der Waals surface area contributed by atoms with Gasteiger partial charge in [-0.05, 0) is 6.42 Å². The Bertz CT molecular complexity index is 88.5. The molecule has 0 bridgehead atoms. The summed E-state index contributed by atoms with van der Waals surface area (Å²) in [5.74, 6) is 0. The molecular weight excluding hydrogens is 100 g/mol. The van der Waals surface area contributed by atoms with Crippen molar-refractivity contribution >= 4 is 0 Å². The van der Waals surface area contributed by atoms with Gasteiger partial charge in [0.25, 0.3) is 0 Å². The summed E-state index contributed by atoms with van der Waals surface area (Å²) in [6.07, 6.45) is 4.98. The Morgan fingerprint density at radius 3 is 3.12 bits per heavy atom. The van der Waals surface area contributed by atoms with Gasteiger partial charge in [-0.15, -0.1) is 0 Å². The van der Waals surface area contributed by atoms with Crippen LogP contribution in [0.5, 0.6) is 0 Å². The molecule has 0 amide bonds. The topological polar surface area (TPSA) is 15.3 Å². The van der Waals surface area contributed by atoms with E-state index in [4.69, 9.17) is 0 Å². The average molecular weight is 111 g/mol. The predicted molar refractivity (Wildman–Crippen MR) is 33.8 cm³/mol. The SMILES string of the molecule is [CH2]CCN1C=CNC1. The van der Waals surface area contributed by atoms with Gasteiger partial charge >= 0.3 is 0 Å². The molecule has 1 heterocycles. The maximum atomic E-state index is 3.75. The first-order chi connectivity index (χ1) is 3.93. The molecule has 0 unspecified atom stereocenters. The highest BCUT2D eigenvalue weighted by Crippen LogP contribution is 1.93. The van der Waals surface area contributed by atoms with Gasteiger partial charge in [0.2, 0.25) is 0 Å². The van der Waals surface area contributed by atoms with Crippen LogP contribution < -0.4 is 5.32 Å². The van der Waals surface area contributed by atoms with E-state index in [0.29, 0.717) is 0 Å². The summed E-state index contributed by atoms with van der Waals surface area (Å²) in [5, 5.41) is 3.07. The van der Waals surface area contributed by atoms with Crippen molar-refractivity contribution in [3.63, 3.8) is 0 Å². The molecule has 8 heavy (non-hydrogen) atoms. The minimum atomic E-state index is 0.954. The van der Waals surface area contributed by atoms with E-state index in [0.717, 1.165) is 19.6 Å². The fourth-order valence-corrected chi connectivity index (χ4v) is 0.737. The van der Waals surface area contributed by atoms with Gasteiger partial charge in [0.1, 0.15) is 0 Å². The van der Waals surface area contributed by atoms with E-state index in [-0.39, 0.29) is 0 Å². The Labute approximate surface area is 50.2 Å². The van der Waals surface area contributed by atoms with Crippen LogP contribution in [0.4, 0.5) is 0 Å². The van der Waals surface area contributed by atoms with Crippen molar-refractivity contribution in [1.82, 2.24) is 10.2 Å². The third-order valence-electron chi connectivity index (χ3n) is 1.14. The highest BCUT2D eigenvalue weighted by atomic mass is 15.2. The van der Waals surface area contributed by atoms with Crippen molar-refractivity contribution in [1.29, 1.82) is 0 Å². The van der Waals surface area contributed by atoms with Gasteiger partial charge in [0, 0.05) is 18.9 Å². The number of hydrogen-bond donors (Lipinski definition) is 1. The van der Waals surface area contributed by atoms with Crippen LogP contribution in [-0.2, 0) is 0 Å². The van der Waals surface area contributed by atoms with Crippen LogP contribution in [0.15, 0.2) is 12.4 Å². The summed E-state index contributed by atoms with van der Waals surface area (Å²) in [4.78, 5) is 2.19. The van der Waals surface area contributed by atoms with Crippen molar-refractivity contribution in [3.05, 3.63) is 19.3 Å². The predicted octanol–water partition coefficient (Wildman–Crippen LogP) is 0.544. The zero-order valence-electron chi connectivity index (χ0n) is 4.93. The smallest absolute Gasteiger partial charge is 0.0867 e. The Morgan fingerprint density at radius 1 is 1.75 bits per heavy atom. The average Bonchev–Trinajstić information content (AvgIpc) is 2.19. The lowest BCUT2D eigenvalue weighted by Gasteiger charge is -2.11. The van der Waals surface area contributed by atoms with E-state index in [2.05, 4.69) is 17.1 Å². The van der Waals surface area contributed by atoms with Gasteiger partial charge in [-0.1, -0.05) is 6.92 Å². The Morgan fingerprint density at radius 2 is 2.62 bits per heavy atom. The molecule has 0 saturated carbocycles. The van der Waals surface area contributed by atoms with Gasteiger partial charge in [-0.3, -0.25) is 0 Å². The van der Waals surface area contributed by atoms with E-state index in [9.17, 15) is 0 Å². The lowest BCUT2D eigenvalue weighted by Crippen LogP contribution is -2.20. The van der Waals surface area contributed by atoms with Crippen LogP contribution in [0.25, 0.3) is 0 Å². The van der Waals surface area contributed by atoms with Gasteiger partial charge in [0.05, 0.1) is 6.67 Å². The summed E-state index contributed by atoms with van der Waals surface area (Å²) in [6, 6.07) is 0. The Balaban J connectivity index is 2.16. The molecule has 2 nitrogen and oxygen atoms in total. The highest BCUT2D eigenvalue weighted by molar-refractivity contribution is 4.86. The van der Waals surface area contributed by atoms with E-state index >= 15 is 0 Å². The van der Waals surface area contributed by atoms with Crippen molar-refractivity contribution in [3.8, 4) is 0 Å². The van der Waals surface area contributed by atoms with Gasteiger partial charge < -0.3 is 10.2 Å². The zero-order valence-corrected chi connectivity index (χ0v) is 4.93. The summed E-state index contributed by atoms with van der Waals surface area (Å²) in [6.45, 7) is 5.76. The van der Waals surface area contributed by atoms with Crippen LogP contribution in [0.3, 0.4) is 0 Å². The second-order valence-electron chi connectivity index (χ2n) is 1.84. The van der Waals surface area contributed by atoms with Crippen LogP contribution in [-0.4, -0.2) is 18.1 Å². The molecule has 1 radical (unpaired) electrons. The Kier molecular flexibility index (Phi) is 1.78. The minimum Gasteiger partial charge on any atom is -0.373 e. The number of rotatable bonds is 2. The lowest BCUT2D eigenvalue weighted by molar-refractivity contribution is 0.398. The second kappa shape index (κ2) is 2.60. The fraction of sp³-hybridized carbons (Fsp3) is 0.500. The summed E-state index contributed by atoms with van der Waals surface area (Å²) >= 11 is 0. The molecule has 1 aliphatic rings. The van der Waals surface area contributed by atoms with Crippen molar-refractivity contribution in [2.24, 2.45) is 0 Å². The summed E-state index contributed by atoms with van der Waals surface area (Å²) in [5.41, 5.74) is 0. The second-order valence-corrected chi connectivity index (χ2v) is 1.84. The van der Waals surface area contributed by atoms with Crippen molar-refractivity contribution < 1.29 is 0 Å². The molecule has 0 aliphatic carbocycles. The highest BCUT2D eigenvalue weighted by Gasteiger charge is 1.98. The third kappa shape index (κ3) is 1.15. The molecular formula is C6H11N2. The van der Waals surface area contributed by atoms with Gasteiger partial charge in [-0.2, -0.15) is 0 Å². The first kappa shape index (κ1) is 5.48. The molecule has 0 aromatic carbocycles. The van der Waals surface area contributed by atoms with Gasteiger partial charge in [-0.25, -0.2) is 0 Å². The summed E-state index contributed by atoms with van der Waals surface area (Å²) < 4.78 is 0. The van der Waals surface area contributed by atoms with Gasteiger partial charge in [0.15, 0.2) is 0 Å². The molecule has 0 saturated heterocycles. The summed E-state index contributed by atoms with van der Waals surface area (Å²) in [7, 11) is 0. The lowest BCUT2D eigenvalue weighted by atomic mass is 10.4. The fourth-order valence-electron chi connectivity index (χ4n) is 0.737. The normalized spacial score (nSPS) is 16.9. The van der Waals surface area contributed by atoms with Crippen molar-refractivity contribution in [2.45, 2.75) is 6.42 Å². The first-order valence-electron chi connectivity index (χ1n) is 2.87. The van der Waals surface area contributed by atoms with Crippen LogP contribution in [0.1, 0.15) is 6.42 Å². The molecule has 1 rings (SSSR count). The third-order valence-corrected chi connectivity index (χ3v) is 1.14. The molecule has 0 spiro atoms. The van der Waals surface area contributed by atoms with E-state index in [1.54, 1.807) is 0 Å². The molecule has 0 fully saturated rings. The number of nitrogens with zero attached hydrogens (tertiary/aromatic N) is 1. The number of nitrogens with one attached hydrogen (secondary N) is 1. The molecule has 1 N–H and O–H groups in total. The quantitative estimate of drug-likeness (QED) is 0.559. The maximum absolute atomic E-state index is 3.75. The van der Waals surface area contributed by atoms with E-state index in [1.165, 1.54) is 0 Å². The first-order valence-corrected chi connectivity index (χ1v) is 2.87. The van der Waals surface area contributed by atoms with Crippen LogP contribution >= 0.6 is 0 Å². The molecule has 0 aromatic rings. The van der Waals surface area contributed by atoms with E-state index < -0.39 is 0 Å². The minimum absolute atomic E-state index is 0.954. The largest absolute Gasteiger partial charge is 0.373 e. The molecule has 1 aliphatic heterocycles. The van der Waals surface area contributed by atoms with Crippen LogP contribution in [0, 0.1) is 6.92 Å². The molecule has 0 atom stereocenters. The Hall–Kier alpha value is -0.660. The number of hydrogen-bond acceptors (Lipinski definition) is 2. The molecule has 0 aromatic heterocycles.